The maximum absolute atomic E-state index is 11.9. The quantitative estimate of drug-likeness (QED) is 0.247. The van der Waals surface area contributed by atoms with Crippen molar-refractivity contribution in [3.8, 4) is 0 Å². The van der Waals surface area contributed by atoms with E-state index in [1.165, 1.54) is 6.20 Å². The first kappa shape index (κ1) is 24.3. The molecule has 19 heteroatoms. The van der Waals surface area contributed by atoms with Gasteiger partial charge >= 0.3 is 29.2 Å². The lowest BCUT2D eigenvalue weighted by Gasteiger charge is -2.19. The van der Waals surface area contributed by atoms with Crippen LogP contribution in [0, 0.1) is 6.92 Å². The molecule has 0 aliphatic carbocycles. The first-order chi connectivity index (χ1) is 13.1. The summed E-state index contributed by atoms with van der Waals surface area (Å²) >= 11 is 0. The third-order valence-electron chi connectivity index (χ3n) is 3.51. The van der Waals surface area contributed by atoms with E-state index in [1.807, 2.05) is 0 Å². The van der Waals surface area contributed by atoms with E-state index < -0.39 is 54.2 Å². The molecule has 29 heavy (non-hydrogen) atoms. The van der Waals surface area contributed by atoms with Gasteiger partial charge in [-0.25, -0.2) is 18.5 Å². The summed E-state index contributed by atoms with van der Waals surface area (Å²) in [5.74, 6) is 0.00834. The summed E-state index contributed by atoms with van der Waals surface area (Å²) in [5, 5.41) is 10.0. The Bertz CT molecular complexity index is 960. The Morgan fingerprint density at radius 2 is 1.86 bits per heavy atom. The van der Waals surface area contributed by atoms with Gasteiger partial charge in [0, 0.05) is 18.2 Å². The van der Waals surface area contributed by atoms with Gasteiger partial charge in [0.15, 0.2) is 0 Å². The summed E-state index contributed by atoms with van der Waals surface area (Å²) in [5.41, 5.74) is 5.21. The molecule has 1 fully saturated rings. The average Bonchev–Trinajstić information content (AvgIpc) is 2.86. The molecule has 0 bridgehead atoms. The first-order valence-corrected chi connectivity index (χ1v) is 12.1. The molecule has 2 rings (SSSR count). The van der Waals surface area contributed by atoms with Gasteiger partial charge in [-0.2, -0.15) is 13.6 Å². The van der Waals surface area contributed by atoms with Crippen LogP contribution in [-0.2, 0) is 31.6 Å². The van der Waals surface area contributed by atoms with Crippen LogP contribution in [-0.4, -0.2) is 53.0 Å². The van der Waals surface area contributed by atoms with Crippen molar-refractivity contribution in [3.05, 3.63) is 22.2 Å². The van der Waals surface area contributed by atoms with Crippen molar-refractivity contribution in [2.24, 2.45) is 0 Å². The van der Waals surface area contributed by atoms with Crippen molar-refractivity contribution < 1.29 is 56.3 Å². The SMILES string of the molecule is Cc1cn([C@H]2CC(O)[C@@H](COP(=O)(O)OP(=O)(O)OP(=O)(O)O)O2)c(=O)nc1N. The smallest absolute Gasteiger partial charge is 0.390 e. The Morgan fingerprint density at radius 1 is 1.24 bits per heavy atom. The van der Waals surface area contributed by atoms with E-state index in [9.17, 15) is 28.5 Å². The van der Waals surface area contributed by atoms with E-state index in [4.69, 9.17) is 25.2 Å². The van der Waals surface area contributed by atoms with E-state index in [-0.39, 0.29) is 12.2 Å². The zero-order chi connectivity index (χ0) is 22.2. The molecule has 0 spiro atoms. The molecule has 0 amide bonds. The highest BCUT2D eigenvalue weighted by Gasteiger charge is 2.42. The third kappa shape index (κ3) is 7.03. The molecule has 166 valence electrons. The van der Waals surface area contributed by atoms with Crippen LogP contribution in [0.3, 0.4) is 0 Å². The number of nitrogens with two attached hydrogens (primary N) is 1. The third-order valence-corrected chi connectivity index (χ3v) is 7.31. The predicted molar refractivity (Wildman–Crippen MR) is 92.0 cm³/mol. The highest BCUT2D eigenvalue weighted by Crippen LogP contribution is 2.66. The van der Waals surface area contributed by atoms with Gasteiger partial charge in [-0.15, -0.1) is 0 Å². The molecule has 16 nitrogen and oxygen atoms in total. The van der Waals surface area contributed by atoms with Gasteiger partial charge in [0.05, 0.1) is 12.7 Å². The Balaban J connectivity index is 2.02. The van der Waals surface area contributed by atoms with Crippen LogP contribution >= 0.6 is 23.5 Å². The van der Waals surface area contributed by atoms with E-state index in [2.05, 4.69) is 18.1 Å². The number of rotatable bonds is 8. The minimum Gasteiger partial charge on any atom is -0.390 e. The highest BCUT2D eigenvalue weighted by atomic mass is 31.3. The van der Waals surface area contributed by atoms with Crippen LogP contribution in [0.2, 0.25) is 0 Å². The number of hydrogen-bond acceptors (Lipinski definition) is 11. The molecule has 1 saturated heterocycles. The molecule has 1 aromatic heterocycles. The number of nitrogens with zero attached hydrogens (tertiary/aromatic N) is 2. The minimum absolute atomic E-state index is 0.00834. The lowest BCUT2D eigenvalue weighted by molar-refractivity contribution is -0.0449. The maximum Gasteiger partial charge on any atom is 0.490 e. The molecule has 5 atom stereocenters. The number of phosphoric ester groups is 1. The number of aryl methyl sites for hydroxylation is 1. The number of phosphoric acid groups is 3. The highest BCUT2D eigenvalue weighted by molar-refractivity contribution is 7.66. The monoisotopic (exact) mass is 481 g/mol. The predicted octanol–water partition coefficient (Wildman–Crippen LogP) is -0.874. The van der Waals surface area contributed by atoms with Gasteiger partial charge in [-0.05, 0) is 6.92 Å². The summed E-state index contributed by atoms with van der Waals surface area (Å²) in [6.45, 7) is 0.730. The summed E-state index contributed by atoms with van der Waals surface area (Å²) in [6.07, 6.45) is -2.35. The van der Waals surface area contributed by atoms with E-state index in [0.29, 0.717) is 5.56 Å². The van der Waals surface area contributed by atoms with Crippen molar-refractivity contribution in [3.63, 3.8) is 0 Å². The van der Waals surface area contributed by atoms with Crippen LogP contribution in [0.4, 0.5) is 5.82 Å². The second kappa shape index (κ2) is 8.63. The van der Waals surface area contributed by atoms with Crippen molar-refractivity contribution in [2.75, 3.05) is 12.3 Å². The second-order valence-corrected chi connectivity index (χ2v) is 10.2. The normalized spacial score (nSPS) is 26.8. The largest absolute Gasteiger partial charge is 0.490 e. The van der Waals surface area contributed by atoms with Crippen molar-refractivity contribution >= 4 is 29.3 Å². The van der Waals surface area contributed by atoms with Gasteiger partial charge in [0.2, 0.25) is 0 Å². The van der Waals surface area contributed by atoms with E-state index in [0.717, 1.165) is 4.57 Å². The molecule has 0 aromatic carbocycles. The number of aliphatic hydroxyl groups excluding tert-OH is 1. The van der Waals surface area contributed by atoms with E-state index >= 15 is 0 Å². The minimum atomic E-state index is -5.66. The number of ether oxygens (including phenoxy) is 1. The molecule has 3 unspecified atom stereocenters. The number of hydrogen-bond donors (Lipinski definition) is 6. The van der Waals surface area contributed by atoms with Gasteiger partial charge in [-0.3, -0.25) is 9.09 Å². The molecular weight excluding hydrogens is 463 g/mol. The molecule has 1 aliphatic rings. The fourth-order valence-corrected chi connectivity index (χ4v) is 5.32. The van der Waals surface area contributed by atoms with Gasteiger partial charge in [0.25, 0.3) is 0 Å². The maximum atomic E-state index is 11.9. The summed E-state index contributed by atoms with van der Waals surface area (Å²) in [6, 6.07) is 0. The van der Waals surface area contributed by atoms with Crippen LogP contribution in [0.1, 0.15) is 18.2 Å². The summed E-state index contributed by atoms with van der Waals surface area (Å²) in [4.78, 5) is 50.9. The Hall–Kier alpha value is -0.990. The van der Waals surface area contributed by atoms with Crippen LogP contribution in [0.5, 0.6) is 0 Å². The fourth-order valence-electron chi connectivity index (χ4n) is 2.29. The molecule has 1 aromatic rings. The van der Waals surface area contributed by atoms with Crippen molar-refractivity contribution in [1.29, 1.82) is 0 Å². The molecule has 7 N–H and O–H groups in total. The first-order valence-electron chi connectivity index (χ1n) is 7.56. The van der Waals surface area contributed by atoms with Crippen molar-refractivity contribution in [1.82, 2.24) is 9.55 Å². The van der Waals surface area contributed by atoms with Gasteiger partial charge in [0.1, 0.15) is 18.1 Å². The molecule has 0 saturated carbocycles. The molecule has 1 aliphatic heterocycles. The van der Waals surface area contributed by atoms with Gasteiger partial charge < -0.3 is 35.2 Å². The molecular formula is C10H18N3O13P3. The lowest BCUT2D eigenvalue weighted by atomic mass is 10.2. The Labute approximate surface area is 162 Å². The molecule has 0 radical (unpaired) electrons. The lowest BCUT2D eigenvalue weighted by Crippen LogP contribution is -2.29. The standard InChI is InChI=1S/C10H18N3O13P3/c1-5-3-13(10(15)12-9(5)11)8-2-6(14)7(24-8)4-23-28(19,20)26-29(21,22)25-27(16,17)18/h3,6-8,14H,2,4H2,1H3,(H,19,20)(H,21,22)(H2,11,12,15)(H2,16,17,18)/t6?,7-,8-/m1/s1. The Kier molecular flexibility index (Phi) is 7.23. The number of aliphatic hydroxyl groups is 1. The van der Waals surface area contributed by atoms with Crippen LogP contribution in [0.15, 0.2) is 11.0 Å². The van der Waals surface area contributed by atoms with Crippen LogP contribution < -0.4 is 11.4 Å². The number of nitrogen functional groups attached to an aromatic ring is 1. The number of anilines is 1. The zero-order valence-corrected chi connectivity index (χ0v) is 17.2. The topological polar surface area (TPSA) is 250 Å². The number of aromatic nitrogens is 2. The summed E-state index contributed by atoms with van der Waals surface area (Å²) < 4.78 is 51.5. The fraction of sp³-hybridized carbons (Fsp3) is 0.600. The Morgan fingerprint density at radius 3 is 2.45 bits per heavy atom. The van der Waals surface area contributed by atoms with E-state index in [1.54, 1.807) is 6.92 Å². The van der Waals surface area contributed by atoms with Gasteiger partial charge in [-0.1, -0.05) is 0 Å². The average molecular weight is 481 g/mol. The second-order valence-electron chi connectivity index (χ2n) is 5.82. The summed E-state index contributed by atoms with van der Waals surface area (Å²) in [7, 11) is -16.5. The molecule has 2 heterocycles. The van der Waals surface area contributed by atoms with Crippen molar-refractivity contribution in [2.45, 2.75) is 31.8 Å². The van der Waals surface area contributed by atoms with Crippen LogP contribution in [0.25, 0.3) is 0 Å². The zero-order valence-electron chi connectivity index (χ0n) is 14.5.